The van der Waals surface area contributed by atoms with Crippen molar-refractivity contribution in [3.63, 3.8) is 0 Å². The first-order chi connectivity index (χ1) is 14.0. The Kier molecular flexibility index (Phi) is 5.33. The monoisotopic (exact) mass is 408 g/mol. The van der Waals surface area contributed by atoms with Crippen LogP contribution in [0.4, 0.5) is 0 Å². The van der Waals surface area contributed by atoms with Gasteiger partial charge in [-0.05, 0) is 29.7 Å². The molecule has 3 aromatic carbocycles. The number of benzene rings is 3. The van der Waals surface area contributed by atoms with Gasteiger partial charge < -0.3 is 4.42 Å². The first-order valence-corrected chi connectivity index (χ1v) is 10.7. The van der Waals surface area contributed by atoms with Crippen molar-refractivity contribution >= 4 is 21.1 Å². The average Bonchev–Trinajstić information content (AvgIpc) is 3.11. The third-order valence-corrected chi connectivity index (χ3v) is 6.57. The van der Waals surface area contributed by atoms with Crippen LogP contribution in [0.3, 0.4) is 0 Å². The van der Waals surface area contributed by atoms with E-state index >= 15 is 0 Å². The quantitative estimate of drug-likeness (QED) is 0.507. The van der Waals surface area contributed by atoms with E-state index in [0.717, 1.165) is 11.1 Å². The van der Waals surface area contributed by atoms with E-state index in [4.69, 9.17) is 4.42 Å². The molecule has 7 heteroatoms. The molecule has 0 aliphatic heterocycles. The second-order valence-electron chi connectivity index (χ2n) is 6.73. The maximum Gasteiger partial charge on any atom is 0.417 e. The lowest BCUT2D eigenvalue weighted by Gasteiger charge is -2.22. The van der Waals surface area contributed by atoms with E-state index in [0.29, 0.717) is 18.5 Å². The van der Waals surface area contributed by atoms with Crippen LogP contribution in [0.25, 0.3) is 11.1 Å². The van der Waals surface area contributed by atoms with Gasteiger partial charge in [0.2, 0.25) is 10.0 Å². The summed E-state index contributed by atoms with van der Waals surface area (Å²) < 4.78 is 33.3. The molecule has 0 atom stereocenters. The Morgan fingerprint density at radius 2 is 1.52 bits per heavy atom. The summed E-state index contributed by atoms with van der Waals surface area (Å²) in [4.78, 5) is 14.0. The molecule has 0 fully saturated rings. The predicted octanol–water partition coefficient (Wildman–Crippen LogP) is 3.55. The molecule has 1 aromatic heterocycles. The number of oxazole rings is 1. The minimum atomic E-state index is -3.79. The summed E-state index contributed by atoms with van der Waals surface area (Å²) in [5, 5.41) is 0. The number of aromatic nitrogens is 1. The number of hydrogen-bond acceptors (Lipinski definition) is 4. The van der Waals surface area contributed by atoms with Crippen molar-refractivity contribution in [3.8, 4) is 0 Å². The molecule has 1 N–H and O–H groups in total. The molecule has 0 saturated carbocycles. The van der Waals surface area contributed by atoms with Crippen LogP contribution in [0.5, 0.6) is 0 Å². The van der Waals surface area contributed by atoms with Gasteiger partial charge in [-0.1, -0.05) is 60.7 Å². The fourth-order valence-corrected chi connectivity index (χ4v) is 4.65. The summed E-state index contributed by atoms with van der Waals surface area (Å²) in [6, 6.07) is 23.7. The second kappa shape index (κ2) is 8.06. The largest absolute Gasteiger partial charge is 0.417 e. The summed E-state index contributed by atoms with van der Waals surface area (Å²) in [5.74, 6) is -0.611. The van der Waals surface area contributed by atoms with Gasteiger partial charge in [0.15, 0.2) is 5.58 Å². The van der Waals surface area contributed by atoms with Gasteiger partial charge in [0.1, 0.15) is 0 Å². The van der Waals surface area contributed by atoms with Crippen LogP contribution >= 0.6 is 0 Å². The van der Waals surface area contributed by atoms with E-state index in [1.54, 1.807) is 6.07 Å². The summed E-state index contributed by atoms with van der Waals surface area (Å²) in [5.41, 5.74) is 2.65. The first-order valence-electron chi connectivity index (χ1n) is 9.23. The van der Waals surface area contributed by atoms with Crippen molar-refractivity contribution in [2.24, 2.45) is 0 Å². The molecule has 0 aliphatic rings. The minimum Gasteiger partial charge on any atom is -0.408 e. The summed E-state index contributed by atoms with van der Waals surface area (Å²) >= 11 is 0. The molecule has 0 saturated heterocycles. The summed E-state index contributed by atoms with van der Waals surface area (Å²) in [7, 11) is -3.79. The molecule has 0 radical (unpaired) electrons. The minimum absolute atomic E-state index is 0.0942. The Balaban J connectivity index is 1.67. The number of fused-ring (bicyclic) bond motifs is 1. The molecular formula is C22H20N2O4S. The van der Waals surface area contributed by atoms with Crippen molar-refractivity contribution in [3.05, 3.63) is 101 Å². The van der Waals surface area contributed by atoms with Crippen LogP contribution in [-0.2, 0) is 23.0 Å². The van der Waals surface area contributed by atoms with Gasteiger partial charge in [0.05, 0.1) is 10.4 Å². The number of nitrogens with one attached hydrogen (secondary N) is 1. The van der Waals surface area contributed by atoms with E-state index in [-0.39, 0.29) is 17.0 Å². The third kappa shape index (κ3) is 4.31. The lowest BCUT2D eigenvalue weighted by atomic mass is 10.1. The molecule has 29 heavy (non-hydrogen) atoms. The Hall–Kier alpha value is -3.16. The molecule has 0 bridgehead atoms. The van der Waals surface area contributed by atoms with Gasteiger partial charge in [0.25, 0.3) is 0 Å². The summed E-state index contributed by atoms with van der Waals surface area (Å²) in [6.45, 7) is 0.585. The van der Waals surface area contributed by atoms with E-state index in [2.05, 4.69) is 4.98 Å². The highest BCUT2D eigenvalue weighted by molar-refractivity contribution is 7.89. The van der Waals surface area contributed by atoms with Crippen molar-refractivity contribution in [1.29, 1.82) is 0 Å². The van der Waals surface area contributed by atoms with E-state index in [9.17, 15) is 13.2 Å². The molecule has 0 unspecified atom stereocenters. The van der Waals surface area contributed by atoms with Crippen LogP contribution in [0.1, 0.15) is 11.1 Å². The SMILES string of the molecule is O=c1[nH]c2ccc(S(=O)(=O)N(CCc3ccccc3)Cc3ccccc3)cc2o1. The fraction of sp³-hybridized carbons (Fsp3) is 0.136. The van der Waals surface area contributed by atoms with E-state index in [1.807, 2.05) is 60.7 Å². The van der Waals surface area contributed by atoms with Crippen molar-refractivity contribution in [1.82, 2.24) is 9.29 Å². The first kappa shape index (κ1) is 19.2. The number of nitrogens with zero attached hydrogens (tertiary/aromatic N) is 1. The molecule has 1 heterocycles. The molecule has 148 valence electrons. The van der Waals surface area contributed by atoms with Crippen LogP contribution in [-0.4, -0.2) is 24.3 Å². The predicted molar refractivity (Wildman–Crippen MR) is 111 cm³/mol. The zero-order valence-corrected chi connectivity index (χ0v) is 16.4. The van der Waals surface area contributed by atoms with Gasteiger partial charge in [-0.25, -0.2) is 13.2 Å². The topological polar surface area (TPSA) is 83.4 Å². The summed E-state index contributed by atoms with van der Waals surface area (Å²) in [6.07, 6.45) is 0.592. The molecular weight excluding hydrogens is 388 g/mol. The number of H-pyrrole nitrogens is 1. The maximum atomic E-state index is 13.4. The van der Waals surface area contributed by atoms with E-state index in [1.165, 1.54) is 16.4 Å². The molecule has 4 aromatic rings. The van der Waals surface area contributed by atoms with Gasteiger partial charge >= 0.3 is 5.76 Å². The highest BCUT2D eigenvalue weighted by Gasteiger charge is 2.25. The average molecular weight is 408 g/mol. The second-order valence-corrected chi connectivity index (χ2v) is 8.67. The standard InChI is InChI=1S/C22H20N2O4S/c25-22-23-20-12-11-19(15-21(20)28-22)29(26,27)24(16-18-9-5-2-6-10-18)14-13-17-7-3-1-4-8-17/h1-12,15H,13-14,16H2,(H,23,25). The number of rotatable bonds is 7. The molecule has 6 nitrogen and oxygen atoms in total. The lowest BCUT2D eigenvalue weighted by Crippen LogP contribution is -2.32. The Morgan fingerprint density at radius 3 is 2.21 bits per heavy atom. The Morgan fingerprint density at radius 1 is 0.862 bits per heavy atom. The van der Waals surface area contributed by atoms with Gasteiger partial charge in [0, 0.05) is 19.2 Å². The molecule has 0 amide bonds. The van der Waals surface area contributed by atoms with Crippen LogP contribution < -0.4 is 5.76 Å². The molecule has 0 aliphatic carbocycles. The lowest BCUT2D eigenvalue weighted by molar-refractivity contribution is 0.409. The number of hydrogen-bond donors (Lipinski definition) is 1. The van der Waals surface area contributed by atoms with E-state index < -0.39 is 15.8 Å². The van der Waals surface area contributed by atoms with Crippen molar-refractivity contribution in [2.75, 3.05) is 6.54 Å². The molecule has 4 rings (SSSR count). The number of sulfonamides is 1. The van der Waals surface area contributed by atoms with Crippen LogP contribution in [0, 0.1) is 0 Å². The Labute approximate surface area is 168 Å². The van der Waals surface area contributed by atoms with Crippen LogP contribution in [0.15, 0.2) is 93.0 Å². The van der Waals surface area contributed by atoms with Crippen molar-refractivity contribution < 1.29 is 12.8 Å². The smallest absolute Gasteiger partial charge is 0.408 e. The number of aromatic amines is 1. The van der Waals surface area contributed by atoms with Crippen LogP contribution in [0.2, 0.25) is 0 Å². The maximum absolute atomic E-state index is 13.4. The third-order valence-electron chi connectivity index (χ3n) is 4.72. The Bertz CT molecular complexity index is 1260. The van der Waals surface area contributed by atoms with Crippen molar-refractivity contribution in [2.45, 2.75) is 17.9 Å². The highest BCUT2D eigenvalue weighted by atomic mass is 32.2. The van der Waals surface area contributed by atoms with Gasteiger partial charge in [-0.15, -0.1) is 0 Å². The van der Waals surface area contributed by atoms with Gasteiger partial charge in [-0.2, -0.15) is 4.31 Å². The zero-order valence-electron chi connectivity index (χ0n) is 15.6. The fourth-order valence-electron chi connectivity index (χ4n) is 3.20. The molecule has 0 spiro atoms. The zero-order chi connectivity index (χ0) is 20.3. The van der Waals surface area contributed by atoms with Gasteiger partial charge in [-0.3, -0.25) is 4.98 Å². The highest BCUT2D eigenvalue weighted by Crippen LogP contribution is 2.22. The normalized spacial score (nSPS) is 11.9.